The molecule has 2 aromatic rings. The quantitative estimate of drug-likeness (QED) is 0.876. The number of amides is 1. The molecule has 0 atom stereocenters. The summed E-state index contributed by atoms with van der Waals surface area (Å²) in [5.74, 6) is -0.141. The van der Waals surface area contributed by atoms with Crippen molar-refractivity contribution in [2.24, 2.45) is 0 Å². The molecule has 1 aromatic carbocycles. The third kappa shape index (κ3) is 2.75. The number of hydrogen-bond acceptors (Lipinski definition) is 4. The first kappa shape index (κ1) is 14.3. The number of hydrogen-bond donors (Lipinski definition) is 1. The highest BCUT2D eigenvalue weighted by Gasteiger charge is 2.15. The third-order valence-electron chi connectivity index (χ3n) is 3.32. The van der Waals surface area contributed by atoms with E-state index in [-0.39, 0.29) is 17.3 Å². The molecule has 0 saturated heterocycles. The molecule has 0 spiro atoms. The number of rotatable bonds is 3. The van der Waals surface area contributed by atoms with E-state index in [1.165, 1.54) is 20.8 Å². The van der Waals surface area contributed by atoms with E-state index in [9.17, 15) is 9.59 Å². The number of likely N-dealkylation sites (N-methyl/N-ethyl adjacent to an activating group) is 1. The van der Waals surface area contributed by atoms with E-state index in [1.54, 1.807) is 31.3 Å². The Labute approximate surface area is 121 Å². The number of carbonyl (C=O) groups is 1. The number of nitrogens with zero attached hydrogens (tertiary/aromatic N) is 2. The van der Waals surface area contributed by atoms with Crippen molar-refractivity contribution in [2.75, 3.05) is 17.7 Å². The highest BCUT2D eigenvalue weighted by atomic mass is 32.1. The second-order valence-corrected chi connectivity index (χ2v) is 5.81. The van der Waals surface area contributed by atoms with E-state index in [2.05, 4.69) is 0 Å². The summed E-state index contributed by atoms with van der Waals surface area (Å²) in [7, 11) is 1.69. The van der Waals surface area contributed by atoms with Crippen LogP contribution in [0.3, 0.4) is 0 Å². The Hall–Kier alpha value is -2.08. The van der Waals surface area contributed by atoms with Gasteiger partial charge in [0.1, 0.15) is 6.54 Å². The maximum atomic E-state index is 12.3. The van der Waals surface area contributed by atoms with Gasteiger partial charge >= 0.3 is 4.87 Å². The Bertz CT molecular complexity index is 685. The minimum absolute atomic E-state index is 0.0515. The second kappa shape index (κ2) is 5.50. The zero-order chi connectivity index (χ0) is 14.9. The van der Waals surface area contributed by atoms with Gasteiger partial charge in [0.2, 0.25) is 5.91 Å². The summed E-state index contributed by atoms with van der Waals surface area (Å²) in [5, 5.41) is 0. The predicted molar refractivity (Wildman–Crippen MR) is 82.3 cm³/mol. The number of benzene rings is 1. The van der Waals surface area contributed by atoms with Crippen LogP contribution in [0, 0.1) is 13.8 Å². The normalized spacial score (nSPS) is 10.6. The zero-order valence-electron chi connectivity index (χ0n) is 11.7. The Morgan fingerprint density at radius 1 is 1.30 bits per heavy atom. The van der Waals surface area contributed by atoms with E-state index in [4.69, 9.17) is 5.73 Å². The largest absolute Gasteiger partial charge is 0.399 e. The number of aromatic nitrogens is 1. The van der Waals surface area contributed by atoms with E-state index < -0.39 is 0 Å². The van der Waals surface area contributed by atoms with Crippen molar-refractivity contribution >= 4 is 28.6 Å². The van der Waals surface area contributed by atoms with Gasteiger partial charge in [-0.3, -0.25) is 14.2 Å². The lowest BCUT2D eigenvalue weighted by atomic mass is 10.2. The summed E-state index contributed by atoms with van der Waals surface area (Å²) in [5.41, 5.74) is 7.87. The summed E-state index contributed by atoms with van der Waals surface area (Å²) >= 11 is 1.17. The highest BCUT2D eigenvalue weighted by molar-refractivity contribution is 7.09. The number of anilines is 2. The van der Waals surface area contributed by atoms with Crippen LogP contribution in [-0.2, 0) is 11.3 Å². The first-order valence-electron chi connectivity index (χ1n) is 6.19. The van der Waals surface area contributed by atoms with Crippen molar-refractivity contribution in [3.8, 4) is 0 Å². The molecule has 0 radical (unpaired) electrons. The van der Waals surface area contributed by atoms with Crippen LogP contribution in [0.2, 0.25) is 0 Å². The van der Waals surface area contributed by atoms with Gasteiger partial charge in [-0.2, -0.15) is 0 Å². The summed E-state index contributed by atoms with van der Waals surface area (Å²) in [6.45, 7) is 3.78. The number of nitrogen functional groups attached to an aromatic ring is 1. The Kier molecular flexibility index (Phi) is 3.94. The first-order valence-corrected chi connectivity index (χ1v) is 7.00. The molecule has 106 valence electrons. The maximum absolute atomic E-state index is 12.3. The van der Waals surface area contributed by atoms with Crippen LogP contribution < -0.4 is 15.5 Å². The summed E-state index contributed by atoms with van der Waals surface area (Å²) in [6, 6.07) is 7.04. The smallest absolute Gasteiger partial charge is 0.308 e. The minimum Gasteiger partial charge on any atom is -0.399 e. The van der Waals surface area contributed by atoms with Crippen molar-refractivity contribution in [2.45, 2.75) is 20.4 Å². The molecular formula is C14H17N3O2S. The van der Waals surface area contributed by atoms with Crippen LogP contribution >= 0.6 is 11.3 Å². The van der Waals surface area contributed by atoms with Gasteiger partial charge in [0.15, 0.2) is 0 Å². The van der Waals surface area contributed by atoms with E-state index in [0.717, 1.165) is 16.3 Å². The van der Waals surface area contributed by atoms with Gasteiger partial charge in [-0.25, -0.2) is 0 Å². The average molecular weight is 291 g/mol. The van der Waals surface area contributed by atoms with Crippen molar-refractivity contribution < 1.29 is 4.79 Å². The number of thiazole rings is 1. The summed E-state index contributed by atoms with van der Waals surface area (Å²) in [4.78, 5) is 26.4. The van der Waals surface area contributed by atoms with Gasteiger partial charge < -0.3 is 10.6 Å². The van der Waals surface area contributed by atoms with E-state index in [1.807, 2.05) is 13.8 Å². The molecule has 0 unspecified atom stereocenters. The lowest BCUT2D eigenvalue weighted by Gasteiger charge is -2.18. The third-order valence-corrected chi connectivity index (χ3v) is 4.32. The van der Waals surface area contributed by atoms with Crippen LogP contribution in [-0.4, -0.2) is 17.5 Å². The number of nitrogens with two attached hydrogens (primary N) is 1. The molecule has 0 aliphatic carbocycles. The van der Waals surface area contributed by atoms with Crippen molar-refractivity contribution in [3.63, 3.8) is 0 Å². The molecule has 0 fully saturated rings. The molecule has 0 bridgehead atoms. The van der Waals surface area contributed by atoms with Gasteiger partial charge in [-0.1, -0.05) is 11.3 Å². The standard InChI is InChI=1S/C14H17N3O2S/c1-9-10(2)20-14(19)17(9)8-13(18)16(3)12-6-4-11(15)5-7-12/h4-7H,8,15H2,1-3H3. The predicted octanol–water partition coefficient (Wildman–Crippen LogP) is 1.77. The van der Waals surface area contributed by atoms with Crippen molar-refractivity contribution in [1.29, 1.82) is 0 Å². The topological polar surface area (TPSA) is 68.3 Å². The lowest BCUT2D eigenvalue weighted by Crippen LogP contribution is -2.32. The fourth-order valence-electron chi connectivity index (χ4n) is 1.85. The van der Waals surface area contributed by atoms with Gasteiger partial charge in [-0.15, -0.1) is 0 Å². The van der Waals surface area contributed by atoms with Gasteiger partial charge in [0.25, 0.3) is 0 Å². The van der Waals surface area contributed by atoms with Crippen LogP contribution in [0.15, 0.2) is 29.1 Å². The molecule has 0 aliphatic heterocycles. The average Bonchev–Trinajstić information content (AvgIpc) is 2.65. The maximum Gasteiger partial charge on any atom is 0.308 e. The van der Waals surface area contributed by atoms with E-state index >= 15 is 0 Å². The van der Waals surface area contributed by atoms with Crippen molar-refractivity contribution in [1.82, 2.24) is 4.57 Å². The number of aryl methyl sites for hydroxylation is 1. The molecule has 5 nitrogen and oxygen atoms in total. The minimum atomic E-state index is -0.141. The monoisotopic (exact) mass is 291 g/mol. The molecular weight excluding hydrogens is 274 g/mol. The highest BCUT2D eigenvalue weighted by Crippen LogP contribution is 2.16. The van der Waals surface area contributed by atoms with Crippen LogP contribution in [0.5, 0.6) is 0 Å². The first-order chi connectivity index (χ1) is 9.40. The molecule has 2 N–H and O–H groups in total. The Morgan fingerprint density at radius 2 is 1.90 bits per heavy atom. The molecule has 20 heavy (non-hydrogen) atoms. The zero-order valence-corrected chi connectivity index (χ0v) is 12.5. The molecule has 0 aliphatic rings. The SMILES string of the molecule is Cc1sc(=O)n(CC(=O)N(C)c2ccc(N)cc2)c1C. The van der Waals surface area contributed by atoms with Gasteiger partial charge in [-0.05, 0) is 38.1 Å². The molecule has 0 saturated carbocycles. The fraction of sp³-hybridized carbons (Fsp3) is 0.286. The molecule has 1 aromatic heterocycles. The fourth-order valence-corrected chi connectivity index (χ4v) is 2.68. The molecule has 1 heterocycles. The Morgan fingerprint density at radius 3 is 2.40 bits per heavy atom. The molecule has 1 amide bonds. The van der Waals surface area contributed by atoms with Crippen LogP contribution in [0.4, 0.5) is 11.4 Å². The molecule has 2 rings (SSSR count). The number of carbonyl (C=O) groups excluding carboxylic acids is 1. The summed E-state index contributed by atoms with van der Waals surface area (Å²) in [6.07, 6.45) is 0. The lowest BCUT2D eigenvalue weighted by molar-refractivity contribution is -0.118. The van der Waals surface area contributed by atoms with Crippen molar-refractivity contribution in [3.05, 3.63) is 44.5 Å². The summed E-state index contributed by atoms with van der Waals surface area (Å²) < 4.78 is 1.51. The van der Waals surface area contributed by atoms with E-state index in [0.29, 0.717) is 5.69 Å². The van der Waals surface area contributed by atoms with Crippen LogP contribution in [0.1, 0.15) is 10.6 Å². The van der Waals surface area contributed by atoms with Crippen LogP contribution in [0.25, 0.3) is 0 Å². The Balaban J connectivity index is 2.19. The van der Waals surface area contributed by atoms with Gasteiger partial charge in [0.05, 0.1) is 0 Å². The molecule has 6 heteroatoms. The second-order valence-electron chi connectivity index (χ2n) is 4.64. The van der Waals surface area contributed by atoms with Gasteiger partial charge in [0, 0.05) is 29.0 Å².